The van der Waals surface area contributed by atoms with Crippen LogP contribution in [0.2, 0.25) is 0 Å². The molecule has 0 amide bonds. The van der Waals surface area contributed by atoms with Crippen LogP contribution in [0, 0.1) is 17.0 Å². The summed E-state index contributed by atoms with van der Waals surface area (Å²) in [5.41, 5.74) is 2.20. The first-order valence-corrected chi connectivity index (χ1v) is 10.5. The van der Waals surface area contributed by atoms with Gasteiger partial charge in [-0.3, -0.25) is 0 Å². The maximum atomic E-state index is 14.5. The van der Waals surface area contributed by atoms with Crippen LogP contribution in [0.5, 0.6) is 0 Å². The number of hydrogen-bond acceptors (Lipinski definition) is 6. The number of nitrogens with zero attached hydrogens (tertiary/aromatic N) is 5. The second-order valence-corrected chi connectivity index (χ2v) is 9.12. The molecule has 1 N–H and O–H groups in total. The van der Waals surface area contributed by atoms with Gasteiger partial charge in [0.1, 0.15) is 0 Å². The number of aromatic nitrogens is 4. The minimum atomic E-state index is -0.805. The molecule has 6 nitrogen and oxygen atoms in total. The lowest BCUT2D eigenvalue weighted by Gasteiger charge is -2.58. The molecule has 2 atom stereocenters. The van der Waals surface area contributed by atoms with E-state index in [1.54, 1.807) is 36.9 Å². The van der Waals surface area contributed by atoms with Crippen molar-refractivity contribution in [1.82, 2.24) is 19.9 Å². The summed E-state index contributed by atoms with van der Waals surface area (Å²) in [4.78, 5) is 19.0. The average Bonchev–Trinajstić information content (AvgIpc) is 3.54. The molecule has 6 rings (SSSR count). The van der Waals surface area contributed by atoms with Crippen molar-refractivity contribution >= 4 is 5.69 Å². The molecule has 2 aliphatic carbocycles. The smallest absolute Gasteiger partial charge is 0.197 e. The standard InChI is InChI=1S/C23H21F2N5O/c24-18-4-13(5-19(20(18)25)30-11-23(12-30)7-15(31)8-23)16-6-17(16)14-9-28-22(29-10-14)21-26-2-1-3-27-21/h1-5,9-10,15-17,31H,6-8,11-12H2/t16-,17-/m0/s1. The third-order valence-corrected chi connectivity index (χ3v) is 6.85. The van der Waals surface area contributed by atoms with Gasteiger partial charge in [-0.05, 0) is 60.4 Å². The summed E-state index contributed by atoms with van der Waals surface area (Å²) in [7, 11) is 0. The van der Waals surface area contributed by atoms with Crippen molar-refractivity contribution in [2.45, 2.75) is 37.2 Å². The van der Waals surface area contributed by atoms with Crippen LogP contribution in [0.4, 0.5) is 14.5 Å². The Morgan fingerprint density at radius 2 is 1.55 bits per heavy atom. The Balaban J connectivity index is 1.19. The highest BCUT2D eigenvalue weighted by atomic mass is 19.2. The van der Waals surface area contributed by atoms with Crippen molar-refractivity contribution < 1.29 is 13.9 Å². The zero-order valence-electron chi connectivity index (χ0n) is 16.7. The monoisotopic (exact) mass is 421 g/mol. The molecule has 3 fully saturated rings. The lowest BCUT2D eigenvalue weighted by Crippen LogP contribution is -2.64. The Morgan fingerprint density at radius 3 is 2.23 bits per heavy atom. The van der Waals surface area contributed by atoms with Crippen molar-refractivity contribution in [3.8, 4) is 11.6 Å². The fourth-order valence-corrected chi connectivity index (χ4v) is 5.16. The molecule has 3 aliphatic rings. The first kappa shape index (κ1) is 18.7. The van der Waals surface area contributed by atoms with Crippen LogP contribution in [0.3, 0.4) is 0 Å². The molecule has 8 heteroatoms. The second-order valence-electron chi connectivity index (χ2n) is 9.12. The van der Waals surface area contributed by atoms with E-state index in [2.05, 4.69) is 19.9 Å². The lowest BCUT2D eigenvalue weighted by atomic mass is 9.62. The van der Waals surface area contributed by atoms with Crippen LogP contribution in [-0.4, -0.2) is 44.2 Å². The molecule has 3 aromatic rings. The lowest BCUT2D eigenvalue weighted by molar-refractivity contribution is -0.0494. The molecule has 1 spiro atoms. The van der Waals surface area contributed by atoms with Gasteiger partial charge in [-0.25, -0.2) is 28.7 Å². The van der Waals surface area contributed by atoms with Gasteiger partial charge in [0.2, 0.25) is 0 Å². The Kier molecular flexibility index (Phi) is 4.08. The van der Waals surface area contributed by atoms with Crippen LogP contribution in [0.25, 0.3) is 11.6 Å². The topological polar surface area (TPSA) is 75.0 Å². The van der Waals surface area contributed by atoms with E-state index in [1.807, 2.05) is 4.90 Å². The molecular formula is C23H21F2N5O. The molecule has 2 saturated carbocycles. The third-order valence-electron chi connectivity index (χ3n) is 6.85. The van der Waals surface area contributed by atoms with E-state index in [0.29, 0.717) is 30.4 Å². The van der Waals surface area contributed by atoms with Crippen molar-refractivity contribution in [3.05, 3.63) is 65.7 Å². The number of aliphatic hydroxyl groups is 1. The molecule has 158 valence electrons. The maximum Gasteiger partial charge on any atom is 0.197 e. The Labute approximate surface area is 178 Å². The number of anilines is 1. The van der Waals surface area contributed by atoms with Crippen LogP contribution in [-0.2, 0) is 0 Å². The fraction of sp³-hybridized carbons (Fsp3) is 0.391. The summed E-state index contributed by atoms with van der Waals surface area (Å²) >= 11 is 0. The van der Waals surface area contributed by atoms with Gasteiger partial charge < -0.3 is 10.0 Å². The first-order valence-electron chi connectivity index (χ1n) is 10.5. The summed E-state index contributed by atoms with van der Waals surface area (Å²) < 4.78 is 28.9. The van der Waals surface area contributed by atoms with Gasteiger partial charge in [0.25, 0.3) is 0 Å². The summed E-state index contributed by atoms with van der Waals surface area (Å²) in [5.74, 6) is -0.348. The zero-order valence-corrected chi connectivity index (χ0v) is 16.7. The van der Waals surface area contributed by atoms with Gasteiger partial charge in [0, 0.05) is 43.3 Å². The van der Waals surface area contributed by atoms with Crippen LogP contribution < -0.4 is 4.90 Å². The van der Waals surface area contributed by atoms with E-state index in [-0.39, 0.29) is 23.4 Å². The molecule has 31 heavy (non-hydrogen) atoms. The highest BCUT2D eigenvalue weighted by Crippen LogP contribution is 2.56. The van der Waals surface area contributed by atoms with E-state index in [4.69, 9.17) is 0 Å². The molecule has 1 aliphatic heterocycles. The molecule has 0 bridgehead atoms. The molecule has 1 aromatic carbocycles. The van der Waals surface area contributed by atoms with Crippen LogP contribution in [0.1, 0.15) is 42.2 Å². The van der Waals surface area contributed by atoms with Crippen LogP contribution >= 0.6 is 0 Å². The highest BCUT2D eigenvalue weighted by Gasteiger charge is 2.52. The largest absolute Gasteiger partial charge is 0.393 e. The van der Waals surface area contributed by atoms with Gasteiger partial charge in [-0.2, -0.15) is 0 Å². The molecule has 3 heterocycles. The molecular weight excluding hydrogens is 400 g/mol. The molecule has 0 radical (unpaired) electrons. The molecule has 0 unspecified atom stereocenters. The maximum absolute atomic E-state index is 14.5. The number of hydrogen-bond donors (Lipinski definition) is 1. The molecule has 1 saturated heterocycles. The zero-order chi connectivity index (χ0) is 21.2. The Bertz CT molecular complexity index is 1130. The van der Waals surface area contributed by atoms with E-state index in [1.165, 1.54) is 6.07 Å². The Morgan fingerprint density at radius 1 is 0.903 bits per heavy atom. The van der Waals surface area contributed by atoms with E-state index in [0.717, 1.165) is 30.4 Å². The van der Waals surface area contributed by atoms with Gasteiger partial charge in [0.05, 0.1) is 11.8 Å². The predicted molar refractivity (Wildman–Crippen MR) is 109 cm³/mol. The van der Waals surface area contributed by atoms with Gasteiger partial charge in [0.15, 0.2) is 23.3 Å². The van der Waals surface area contributed by atoms with Crippen molar-refractivity contribution in [3.63, 3.8) is 0 Å². The third kappa shape index (κ3) is 3.17. The number of rotatable bonds is 4. The quantitative estimate of drug-likeness (QED) is 0.696. The predicted octanol–water partition coefficient (Wildman–Crippen LogP) is 3.44. The molecule has 2 aromatic heterocycles. The summed E-state index contributed by atoms with van der Waals surface area (Å²) in [6.07, 6.45) is 8.93. The van der Waals surface area contributed by atoms with E-state index < -0.39 is 11.6 Å². The summed E-state index contributed by atoms with van der Waals surface area (Å²) in [6, 6.07) is 4.84. The van der Waals surface area contributed by atoms with Gasteiger partial charge in [-0.1, -0.05) is 0 Å². The highest BCUT2D eigenvalue weighted by molar-refractivity contribution is 5.56. The van der Waals surface area contributed by atoms with Crippen molar-refractivity contribution in [1.29, 1.82) is 0 Å². The SMILES string of the molecule is OC1CC2(C1)CN(c1cc([C@@H]3C[C@H]3c3cnc(-c4ncccn4)nc3)cc(F)c1F)C2. The number of benzene rings is 1. The number of halogens is 2. The first-order chi connectivity index (χ1) is 15.0. The number of aliphatic hydroxyl groups excluding tert-OH is 1. The van der Waals surface area contributed by atoms with Crippen molar-refractivity contribution in [2.24, 2.45) is 5.41 Å². The van der Waals surface area contributed by atoms with Gasteiger partial charge >= 0.3 is 0 Å². The summed E-state index contributed by atoms with van der Waals surface area (Å²) in [6.45, 7) is 1.35. The fourth-order valence-electron chi connectivity index (χ4n) is 5.16. The average molecular weight is 421 g/mol. The van der Waals surface area contributed by atoms with Crippen molar-refractivity contribution in [2.75, 3.05) is 18.0 Å². The van der Waals surface area contributed by atoms with Crippen LogP contribution in [0.15, 0.2) is 43.0 Å². The van der Waals surface area contributed by atoms with E-state index >= 15 is 0 Å². The minimum Gasteiger partial charge on any atom is -0.393 e. The Hall–Kier alpha value is -3.00. The summed E-state index contributed by atoms with van der Waals surface area (Å²) in [5, 5.41) is 9.58. The van der Waals surface area contributed by atoms with E-state index in [9.17, 15) is 13.9 Å². The second kappa shape index (κ2) is 6.75. The van der Waals surface area contributed by atoms with Gasteiger partial charge in [-0.15, -0.1) is 0 Å². The minimum absolute atomic E-state index is 0.0853. The normalized spacial score (nSPS) is 24.0.